The molecule has 5 rings (SSSR count). The first-order valence-electron chi connectivity index (χ1n) is 11.3. The molecule has 7 heteroatoms. The van der Waals surface area contributed by atoms with Crippen molar-refractivity contribution in [3.05, 3.63) is 59.5 Å². The van der Waals surface area contributed by atoms with Crippen molar-refractivity contribution in [3.8, 4) is 11.3 Å². The highest BCUT2D eigenvalue weighted by Crippen LogP contribution is 2.27. The number of hydrogen-bond acceptors (Lipinski definition) is 4. The van der Waals surface area contributed by atoms with Gasteiger partial charge in [-0.3, -0.25) is 19.8 Å². The van der Waals surface area contributed by atoms with Crippen molar-refractivity contribution in [2.75, 3.05) is 5.32 Å². The number of anilines is 1. The molecule has 1 N–H and O–H groups in total. The van der Waals surface area contributed by atoms with Gasteiger partial charge in [0.15, 0.2) is 0 Å². The first-order chi connectivity index (χ1) is 15.5. The van der Waals surface area contributed by atoms with Gasteiger partial charge >= 0.3 is 0 Å². The van der Waals surface area contributed by atoms with Crippen molar-refractivity contribution in [3.63, 3.8) is 0 Å². The second-order valence-corrected chi connectivity index (χ2v) is 8.85. The number of carbonyl (C=O) groups excluding carboxylic acids is 1. The Labute approximate surface area is 187 Å². The minimum absolute atomic E-state index is 0.179. The second-order valence-electron chi connectivity index (χ2n) is 8.85. The van der Waals surface area contributed by atoms with E-state index in [2.05, 4.69) is 28.0 Å². The predicted molar refractivity (Wildman–Crippen MR) is 126 cm³/mol. The average molecular weight is 429 g/mol. The van der Waals surface area contributed by atoms with E-state index < -0.39 is 0 Å². The smallest absolute Gasteiger partial charge is 0.258 e. The highest BCUT2D eigenvalue weighted by atomic mass is 16.1. The number of carbonyl (C=O) groups is 1. The lowest BCUT2D eigenvalue weighted by Crippen LogP contribution is -2.18. The molecule has 1 atom stereocenters. The van der Waals surface area contributed by atoms with Crippen molar-refractivity contribution in [1.29, 1.82) is 0 Å². The Morgan fingerprint density at radius 1 is 1.12 bits per heavy atom. The summed E-state index contributed by atoms with van der Waals surface area (Å²) >= 11 is 0. The van der Waals surface area contributed by atoms with Crippen LogP contribution in [0.5, 0.6) is 0 Å². The highest BCUT2D eigenvalue weighted by molar-refractivity contribution is 6.04. The summed E-state index contributed by atoms with van der Waals surface area (Å²) < 4.78 is 4.08. The molecule has 0 spiro atoms. The molecule has 164 valence electrons. The standard InChI is InChI=1S/C25H28N6O/c1-16-8-4-6-10-22-19(14-26-30(22)3)21-13-18(12-17(2)27-21)24(32)29-25-28-20-9-5-7-11-23(20)31(25)15-16/h5,7,9,11-14,16H,4,6,8,10,15H2,1-3H3,(H,28,29,32)/t16-/m1/s1. The number of benzene rings is 1. The lowest BCUT2D eigenvalue weighted by Gasteiger charge is -2.16. The number of hydrogen-bond donors (Lipinski definition) is 1. The Kier molecular flexibility index (Phi) is 5.25. The van der Waals surface area contributed by atoms with Crippen LogP contribution in [0.3, 0.4) is 0 Å². The fourth-order valence-corrected chi connectivity index (χ4v) is 4.63. The molecule has 32 heavy (non-hydrogen) atoms. The Morgan fingerprint density at radius 3 is 2.84 bits per heavy atom. The summed E-state index contributed by atoms with van der Waals surface area (Å²) in [6.45, 7) is 5.00. The van der Waals surface area contributed by atoms with Crippen LogP contribution in [-0.2, 0) is 20.0 Å². The molecule has 0 radical (unpaired) electrons. The fraction of sp³-hybridized carbons (Fsp3) is 0.360. The minimum atomic E-state index is -0.179. The van der Waals surface area contributed by atoms with Crippen molar-refractivity contribution >= 4 is 22.9 Å². The number of nitrogens with zero attached hydrogens (tertiary/aromatic N) is 5. The maximum atomic E-state index is 13.3. The van der Waals surface area contributed by atoms with E-state index in [0.717, 1.165) is 65.9 Å². The van der Waals surface area contributed by atoms with E-state index in [1.54, 1.807) is 0 Å². The fourth-order valence-electron chi connectivity index (χ4n) is 4.63. The number of para-hydroxylation sites is 2. The summed E-state index contributed by atoms with van der Waals surface area (Å²) in [6.07, 6.45) is 6.13. The monoisotopic (exact) mass is 428 g/mol. The molecule has 1 amide bonds. The largest absolute Gasteiger partial charge is 0.310 e. The van der Waals surface area contributed by atoms with Gasteiger partial charge in [0.25, 0.3) is 5.91 Å². The van der Waals surface area contributed by atoms with Crippen molar-refractivity contribution < 1.29 is 4.79 Å². The van der Waals surface area contributed by atoms with E-state index in [1.165, 1.54) is 0 Å². The Morgan fingerprint density at radius 2 is 1.97 bits per heavy atom. The highest BCUT2D eigenvalue weighted by Gasteiger charge is 2.19. The SMILES string of the molecule is Cc1cc2cc(n1)-c1cnn(C)c1CCCC[C@@H](C)Cn1c(nc3ccccc31)NC2=O. The molecule has 4 heterocycles. The van der Waals surface area contributed by atoms with E-state index in [0.29, 0.717) is 17.4 Å². The van der Waals surface area contributed by atoms with Gasteiger partial charge in [-0.25, -0.2) is 4.98 Å². The van der Waals surface area contributed by atoms with Gasteiger partial charge in [0, 0.05) is 36.1 Å². The summed E-state index contributed by atoms with van der Waals surface area (Å²) in [5, 5.41) is 7.54. The van der Waals surface area contributed by atoms with Gasteiger partial charge in [0.2, 0.25) is 5.95 Å². The molecule has 0 unspecified atom stereocenters. The van der Waals surface area contributed by atoms with Crippen LogP contribution in [0.1, 0.15) is 47.9 Å². The zero-order valence-electron chi connectivity index (χ0n) is 18.8. The zero-order chi connectivity index (χ0) is 22.2. The molecular formula is C25H28N6O. The maximum absolute atomic E-state index is 13.3. The van der Waals surface area contributed by atoms with Crippen LogP contribution in [0.4, 0.5) is 5.95 Å². The summed E-state index contributed by atoms with van der Waals surface area (Å²) in [5.41, 5.74) is 6.26. The van der Waals surface area contributed by atoms with Gasteiger partial charge in [0.05, 0.1) is 22.9 Å². The van der Waals surface area contributed by atoms with Crippen LogP contribution < -0.4 is 5.32 Å². The van der Waals surface area contributed by atoms with Crippen molar-refractivity contribution in [2.24, 2.45) is 13.0 Å². The maximum Gasteiger partial charge on any atom is 0.258 e. The Bertz CT molecular complexity index is 1300. The van der Waals surface area contributed by atoms with Crippen LogP contribution in [0.15, 0.2) is 42.6 Å². The third-order valence-electron chi connectivity index (χ3n) is 6.29. The molecule has 1 aliphatic rings. The lowest BCUT2D eigenvalue weighted by atomic mass is 10.0. The van der Waals surface area contributed by atoms with Crippen molar-refractivity contribution in [2.45, 2.75) is 46.1 Å². The van der Waals surface area contributed by atoms with E-state index in [1.807, 2.05) is 55.2 Å². The number of pyridine rings is 1. The molecule has 0 saturated heterocycles. The van der Waals surface area contributed by atoms with Gasteiger partial charge in [-0.05, 0) is 56.4 Å². The number of rotatable bonds is 0. The number of aromatic nitrogens is 5. The van der Waals surface area contributed by atoms with Crippen LogP contribution in [0.25, 0.3) is 22.3 Å². The molecule has 0 saturated carbocycles. The van der Waals surface area contributed by atoms with Crippen LogP contribution in [0, 0.1) is 12.8 Å². The molecule has 3 aromatic heterocycles. The topological polar surface area (TPSA) is 77.6 Å². The number of fused-ring (bicyclic) bond motifs is 7. The Balaban J connectivity index is 1.62. The average Bonchev–Trinajstić information content (AvgIpc) is 3.30. The van der Waals surface area contributed by atoms with Crippen molar-refractivity contribution in [1.82, 2.24) is 24.3 Å². The lowest BCUT2D eigenvalue weighted by molar-refractivity contribution is 0.102. The summed E-state index contributed by atoms with van der Waals surface area (Å²) in [5.74, 6) is 0.877. The van der Waals surface area contributed by atoms with E-state index in [-0.39, 0.29) is 5.91 Å². The predicted octanol–water partition coefficient (Wildman–Crippen LogP) is 4.76. The summed E-state index contributed by atoms with van der Waals surface area (Å²) in [4.78, 5) is 22.7. The number of nitrogens with one attached hydrogen (secondary N) is 1. The van der Waals surface area contributed by atoms with Crippen LogP contribution >= 0.6 is 0 Å². The normalized spacial score (nSPS) is 17.2. The van der Waals surface area contributed by atoms with Gasteiger partial charge in [-0.1, -0.05) is 25.5 Å². The molecule has 2 bridgehead atoms. The minimum Gasteiger partial charge on any atom is -0.310 e. The number of aryl methyl sites for hydroxylation is 2. The molecule has 1 aromatic carbocycles. The Hall–Kier alpha value is -3.48. The third kappa shape index (κ3) is 3.79. The van der Waals surface area contributed by atoms with Gasteiger partial charge in [-0.15, -0.1) is 0 Å². The molecule has 7 nitrogen and oxygen atoms in total. The number of amides is 1. The molecule has 1 aliphatic heterocycles. The second kappa shape index (κ2) is 8.22. The van der Waals surface area contributed by atoms with Crippen LogP contribution in [-0.4, -0.2) is 30.2 Å². The zero-order valence-corrected chi connectivity index (χ0v) is 18.8. The third-order valence-corrected chi connectivity index (χ3v) is 6.29. The molecule has 0 fully saturated rings. The van der Waals surface area contributed by atoms with E-state index in [4.69, 9.17) is 9.97 Å². The van der Waals surface area contributed by atoms with Gasteiger partial charge in [0.1, 0.15) is 0 Å². The molecule has 4 aromatic rings. The van der Waals surface area contributed by atoms with Gasteiger partial charge < -0.3 is 4.57 Å². The summed E-state index contributed by atoms with van der Waals surface area (Å²) in [6, 6.07) is 11.7. The first kappa shape index (κ1) is 20.4. The first-order valence-corrected chi connectivity index (χ1v) is 11.3. The van der Waals surface area contributed by atoms with Gasteiger partial charge in [-0.2, -0.15) is 5.10 Å². The molecular weight excluding hydrogens is 400 g/mol. The summed E-state index contributed by atoms with van der Waals surface area (Å²) in [7, 11) is 1.98. The van der Waals surface area contributed by atoms with E-state index in [9.17, 15) is 4.79 Å². The van der Waals surface area contributed by atoms with E-state index >= 15 is 0 Å². The number of imidazole rings is 1. The molecule has 0 aliphatic carbocycles. The quantitative estimate of drug-likeness (QED) is 0.438. The van der Waals surface area contributed by atoms with Crippen LogP contribution in [0.2, 0.25) is 0 Å².